The molecule has 1 N–H and O–H groups in total. The maximum absolute atomic E-state index is 11.8. The molecule has 5 heteroatoms. The fourth-order valence-corrected chi connectivity index (χ4v) is 2.76. The topological polar surface area (TPSA) is 63.2 Å². The molecule has 4 nitrogen and oxygen atoms in total. The van der Waals surface area contributed by atoms with E-state index >= 15 is 0 Å². The van der Waals surface area contributed by atoms with Crippen molar-refractivity contribution in [1.82, 2.24) is 0 Å². The number of benzene rings is 1. The zero-order valence-corrected chi connectivity index (χ0v) is 13.7. The summed E-state index contributed by atoms with van der Waals surface area (Å²) in [5.74, 6) is -0.0591. The molecule has 0 saturated heterocycles. The minimum atomic E-state index is -3.24. The second kappa shape index (κ2) is 8.82. The number of nitrogens with one attached hydrogen (secondary N) is 1. The maximum atomic E-state index is 11.8. The molecule has 0 bridgehead atoms. The fraction of sp³-hybridized carbons (Fsp3) is 0.562. The van der Waals surface area contributed by atoms with Gasteiger partial charge in [0.2, 0.25) is 5.91 Å². The summed E-state index contributed by atoms with van der Waals surface area (Å²) in [6, 6.07) is 6.36. The quantitative estimate of drug-likeness (QED) is 0.706. The van der Waals surface area contributed by atoms with Crippen LogP contribution in [0.5, 0.6) is 0 Å². The molecule has 0 heterocycles. The summed E-state index contributed by atoms with van der Waals surface area (Å²) in [5.41, 5.74) is 0.536. The fourth-order valence-electron chi connectivity index (χ4n) is 2.09. The Balaban J connectivity index is 2.38. The van der Waals surface area contributed by atoms with Gasteiger partial charge in [0.25, 0.3) is 0 Å². The SMILES string of the molecule is CCCCCCCCC(=O)Nc1cccc(S(C)(=O)=O)c1. The van der Waals surface area contributed by atoms with Gasteiger partial charge in [0.05, 0.1) is 4.90 Å². The molecule has 0 aromatic heterocycles. The highest BCUT2D eigenvalue weighted by Gasteiger charge is 2.08. The van der Waals surface area contributed by atoms with E-state index in [0.29, 0.717) is 12.1 Å². The number of rotatable bonds is 9. The Morgan fingerprint density at radius 2 is 1.76 bits per heavy atom. The predicted octanol–water partition coefficient (Wildman–Crippen LogP) is 3.78. The van der Waals surface area contributed by atoms with E-state index in [1.807, 2.05) is 0 Å². The average molecular weight is 311 g/mol. The summed E-state index contributed by atoms with van der Waals surface area (Å²) in [5, 5.41) is 2.75. The lowest BCUT2D eigenvalue weighted by Crippen LogP contribution is -2.11. The molecule has 0 atom stereocenters. The number of hydrogen-bond donors (Lipinski definition) is 1. The standard InChI is InChI=1S/C16H25NO3S/c1-3-4-5-6-7-8-12-16(18)17-14-10-9-11-15(13-14)21(2,19)20/h9-11,13H,3-8,12H2,1-2H3,(H,17,18). The first-order valence-electron chi connectivity index (χ1n) is 7.53. The van der Waals surface area contributed by atoms with Gasteiger partial charge in [-0.3, -0.25) is 4.79 Å². The second-order valence-corrected chi connectivity index (χ2v) is 7.38. The van der Waals surface area contributed by atoms with Gasteiger partial charge in [0.15, 0.2) is 9.84 Å². The van der Waals surface area contributed by atoms with Gasteiger partial charge < -0.3 is 5.32 Å². The lowest BCUT2D eigenvalue weighted by atomic mass is 10.1. The van der Waals surface area contributed by atoms with E-state index in [2.05, 4.69) is 12.2 Å². The van der Waals surface area contributed by atoms with E-state index in [1.165, 1.54) is 37.8 Å². The van der Waals surface area contributed by atoms with Gasteiger partial charge in [-0.25, -0.2) is 8.42 Å². The number of sulfone groups is 1. The van der Waals surface area contributed by atoms with Crippen LogP contribution >= 0.6 is 0 Å². The summed E-state index contributed by atoms with van der Waals surface area (Å²) >= 11 is 0. The van der Waals surface area contributed by atoms with Crippen molar-refractivity contribution in [3.63, 3.8) is 0 Å². The highest BCUT2D eigenvalue weighted by molar-refractivity contribution is 7.90. The second-order valence-electron chi connectivity index (χ2n) is 5.37. The van der Waals surface area contributed by atoms with Crippen molar-refractivity contribution < 1.29 is 13.2 Å². The van der Waals surface area contributed by atoms with E-state index in [-0.39, 0.29) is 10.8 Å². The van der Waals surface area contributed by atoms with Gasteiger partial charge in [0, 0.05) is 18.4 Å². The maximum Gasteiger partial charge on any atom is 0.224 e. The number of carbonyl (C=O) groups is 1. The normalized spacial score (nSPS) is 11.3. The van der Waals surface area contributed by atoms with E-state index < -0.39 is 9.84 Å². The molecule has 0 saturated carbocycles. The first kappa shape index (κ1) is 17.7. The lowest BCUT2D eigenvalue weighted by molar-refractivity contribution is -0.116. The molecule has 0 unspecified atom stereocenters. The van der Waals surface area contributed by atoms with Crippen LogP contribution < -0.4 is 5.32 Å². The van der Waals surface area contributed by atoms with Crippen LogP contribution in [0.3, 0.4) is 0 Å². The number of amides is 1. The van der Waals surface area contributed by atoms with Crippen molar-refractivity contribution >= 4 is 21.4 Å². The largest absolute Gasteiger partial charge is 0.326 e. The molecule has 1 aromatic carbocycles. The monoisotopic (exact) mass is 311 g/mol. The lowest BCUT2D eigenvalue weighted by Gasteiger charge is -2.07. The van der Waals surface area contributed by atoms with Gasteiger partial charge in [-0.1, -0.05) is 45.1 Å². The van der Waals surface area contributed by atoms with Gasteiger partial charge >= 0.3 is 0 Å². The first-order chi connectivity index (χ1) is 9.93. The van der Waals surface area contributed by atoms with Gasteiger partial charge in [-0.15, -0.1) is 0 Å². The number of anilines is 1. The minimum Gasteiger partial charge on any atom is -0.326 e. The average Bonchev–Trinajstić information content (AvgIpc) is 2.42. The van der Waals surface area contributed by atoms with Crippen LogP contribution in [-0.2, 0) is 14.6 Å². The summed E-state index contributed by atoms with van der Waals surface area (Å²) in [4.78, 5) is 12.0. The highest BCUT2D eigenvalue weighted by atomic mass is 32.2. The van der Waals surface area contributed by atoms with Crippen molar-refractivity contribution in [2.24, 2.45) is 0 Å². The molecular formula is C16H25NO3S. The predicted molar refractivity (Wildman–Crippen MR) is 86.2 cm³/mol. The molecule has 1 amide bonds. The third-order valence-corrected chi connectivity index (χ3v) is 4.41. The molecular weight excluding hydrogens is 286 g/mol. The third-order valence-electron chi connectivity index (χ3n) is 3.30. The smallest absolute Gasteiger partial charge is 0.224 e. The Labute approximate surface area is 127 Å². The van der Waals surface area contributed by atoms with Crippen LogP contribution in [0.2, 0.25) is 0 Å². The molecule has 0 fully saturated rings. The molecule has 1 aromatic rings. The van der Waals surface area contributed by atoms with Gasteiger partial charge in [0.1, 0.15) is 0 Å². The van der Waals surface area contributed by atoms with Crippen LogP contribution in [-0.4, -0.2) is 20.6 Å². The van der Waals surface area contributed by atoms with Crippen molar-refractivity contribution in [3.05, 3.63) is 24.3 Å². The van der Waals surface area contributed by atoms with Crippen LogP contribution in [0.4, 0.5) is 5.69 Å². The minimum absolute atomic E-state index is 0.0591. The van der Waals surface area contributed by atoms with Crippen LogP contribution in [0.1, 0.15) is 51.9 Å². The zero-order chi connectivity index (χ0) is 15.7. The van der Waals surface area contributed by atoms with Gasteiger partial charge in [-0.2, -0.15) is 0 Å². The first-order valence-corrected chi connectivity index (χ1v) is 9.42. The Hall–Kier alpha value is -1.36. The van der Waals surface area contributed by atoms with Gasteiger partial charge in [-0.05, 0) is 24.6 Å². The summed E-state index contributed by atoms with van der Waals surface area (Å²) < 4.78 is 22.9. The Morgan fingerprint density at radius 1 is 1.10 bits per heavy atom. The Kier molecular flexibility index (Phi) is 7.43. The van der Waals surface area contributed by atoms with Crippen molar-refractivity contribution in [1.29, 1.82) is 0 Å². The summed E-state index contributed by atoms with van der Waals surface area (Å²) in [6.07, 6.45) is 8.46. The Morgan fingerprint density at radius 3 is 2.43 bits per heavy atom. The highest BCUT2D eigenvalue weighted by Crippen LogP contribution is 2.16. The van der Waals surface area contributed by atoms with Crippen molar-refractivity contribution in [2.45, 2.75) is 56.8 Å². The van der Waals surface area contributed by atoms with E-state index in [9.17, 15) is 13.2 Å². The summed E-state index contributed by atoms with van der Waals surface area (Å²) in [6.45, 7) is 2.18. The van der Waals surface area contributed by atoms with E-state index in [0.717, 1.165) is 19.1 Å². The number of unbranched alkanes of at least 4 members (excludes halogenated alkanes) is 5. The number of carbonyl (C=O) groups excluding carboxylic acids is 1. The zero-order valence-electron chi connectivity index (χ0n) is 12.9. The van der Waals surface area contributed by atoms with Crippen LogP contribution in [0, 0.1) is 0 Å². The van der Waals surface area contributed by atoms with Crippen molar-refractivity contribution in [3.8, 4) is 0 Å². The van der Waals surface area contributed by atoms with Crippen molar-refractivity contribution in [2.75, 3.05) is 11.6 Å². The molecule has 0 aliphatic heterocycles. The number of hydrogen-bond acceptors (Lipinski definition) is 3. The molecule has 0 aliphatic carbocycles. The van der Waals surface area contributed by atoms with E-state index in [1.54, 1.807) is 12.1 Å². The summed E-state index contributed by atoms with van der Waals surface area (Å²) in [7, 11) is -3.24. The molecule has 0 aliphatic rings. The molecule has 0 radical (unpaired) electrons. The molecule has 118 valence electrons. The third kappa shape index (κ3) is 7.27. The molecule has 0 spiro atoms. The molecule has 21 heavy (non-hydrogen) atoms. The van der Waals surface area contributed by atoms with Crippen LogP contribution in [0.15, 0.2) is 29.2 Å². The van der Waals surface area contributed by atoms with E-state index in [4.69, 9.17) is 0 Å². The molecule has 1 rings (SSSR count). The Bertz CT molecular complexity index is 552. The van der Waals surface area contributed by atoms with Crippen LogP contribution in [0.25, 0.3) is 0 Å².